The lowest BCUT2D eigenvalue weighted by molar-refractivity contribution is -0.137. The smallest absolute Gasteiger partial charge is 0.325 e. The number of carbonyl (C=O) groups is 2. The number of hydrogen-bond donors (Lipinski definition) is 2. The molecule has 2 aromatic rings. The third-order valence-electron chi connectivity index (χ3n) is 2.94. The van der Waals surface area contributed by atoms with Gasteiger partial charge in [0.25, 0.3) is 5.91 Å². The second-order valence-corrected chi connectivity index (χ2v) is 5.90. The lowest BCUT2D eigenvalue weighted by Crippen LogP contribution is -2.17. The number of hydrogen-bond acceptors (Lipinski definition) is 5. The average molecular weight is 306 g/mol. The molecule has 0 atom stereocenters. The van der Waals surface area contributed by atoms with E-state index in [4.69, 9.17) is 5.11 Å². The molecule has 0 saturated heterocycles. The number of aryl methyl sites for hydroxylation is 1. The van der Waals surface area contributed by atoms with Crippen LogP contribution in [-0.4, -0.2) is 41.5 Å². The second kappa shape index (κ2) is 5.58. The topological polar surface area (TPSA) is 115 Å². The molecule has 0 aromatic carbocycles. The van der Waals surface area contributed by atoms with Gasteiger partial charge in [0.2, 0.25) is 5.95 Å². The number of aliphatic carboxylic acids is 1. The summed E-state index contributed by atoms with van der Waals surface area (Å²) in [6.07, 6.45) is 1.24. The largest absolute Gasteiger partial charge is 0.480 e. The van der Waals surface area contributed by atoms with Gasteiger partial charge in [0, 0.05) is 12.5 Å². The van der Waals surface area contributed by atoms with Gasteiger partial charge >= 0.3 is 5.97 Å². The number of anilines is 1. The Morgan fingerprint density at radius 1 is 1.32 bits per heavy atom. The minimum absolute atomic E-state index is 0.0461. The molecule has 22 heavy (non-hydrogen) atoms. The molecule has 2 rings (SSSR count). The van der Waals surface area contributed by atoms with Gasteiger partial charge in [-0.3, -0.25) is 19.6 Å². The van der Waals surface area contributed by atoms with Gasteiger partial charge in [0.1, 0.15) is 18.6 Å². The summed E-state index contributed by atoms with van der Waals surface area (Å²) in [5.41, 5.74) is 1.00. The molecule has 0 aliphatic heterocycles. The molecular weight excluding hydrogens is 288 g/mol. The van der Waals surface area contributed by atoms with E-state index in [-0.39, 0.29) is 17.9 Å². The molecule has 0 unspecified atom stereocenters. The van der Waals surface area contributed by atoms with Gasteiger partial charge in [0.05, 0.1) is 5.69 Å². The van der Waals surface area contributed by atoms with Crippen LogP contribution < -0.4 is 5.32 Å². The highest BCUT2D eigenvalue weighted by Gasteiger charge is 2.22. The van der Waals surface area contributed by atoms with Gasteiger partial charge in [-0.15, -0.1) is 5.10 Å². The molecule has 0 spiro atoms. The molecule has 0 radical (unpaired) electrons. The molecule has 0 bridgehead atoms. The molecule has 9 heteroatoms. The lowest BCUT2D eigenvalue weighted by Gasteiger charge is -2.13. The fraction of sp³-hybridized carbons (Fsp3) is 0.462. The van der Waals surface area contributed by atoms with Crippen LogP contribution in [0, 0.1) is 0 Å². The van der Waals surface area contributed by atoms with Crippen LogP contribution in [0.3, 0.4) is 0 Å². The third kappa shape index (κ3) is 3.48. The SMILES string of the molecule is Cn1nc(C(C)(C)C)cc1C(=O)Nc1ncn(CC(=O)O)n1. The number of carboxylic acid groups (broad SMARTS) is 1. The van der Waals surface area contributed by atoms with Gasteiger partial charge in [-0.2, -0.15) is 5.10 Å². The second-order valence-electron chi connectivity index (χ2n) is 5.90. The van der Waals surface area contributed by atoms with Gasteiger partial charge in [-0.05, 0) is 6.07 Å². The molecule has 118 valence electrons. The number of carbonyl (C=O) groups excluding carboxylic acids is 1. The summed E-state index contributed by atoms with van der Waals surface area (Å²) in [5.74, 6) is -1.40. The highest BCUT2D eigenvalue weighted by atomic mass is 16.4. The molecule has 0 aliphatic rings. The minimum atomic E-state index is -1.04. The standard InChI is InChI=1S/C13H18N6O3/c1-13(2,3)9-5-8(18(4)16-9)11(22)15-12-14-7-19(17-12)6-10(20)21/h5,7H,6H2,1-4H3,(H,20,21)(H,15,17,22). The third-order valence-corrected chi connectivity index (χ3v) is 2.94. The Balaban J connectivity index is 2.14. The van der Waals surface area contributed by atoms with Crippen molar-refractivity contribution in [3.8, 4) is 0 Å². The van der Waals surface area contributed by atoms with Crippen LogP contribution in [-0.2, 0) is 23.8 Å². The molecular formula is C13H18N6O3. The van der Waals surface area contributed by atoms with Crippen molar-refractivity contribution in [1.29, 1.82) is 0 Å². The zero-order valence-corrected chi connectivity index (χ0v) is 12.9. The van der Waals surface area contributed by atoms with Gasteiger partial charge in [-0.25, -0.2) is 9.67 Å². The van der Waals surface area contributed by atoms with Crippen molar-refractivity contribution < 1.29 is 14.7 Å². The van der Waals surface area contributed by atoms with E-state index >= 15 is 0 Å². The predicted octanol–water partition coefficient (Wildman–Crippen LogP) is 0.646. The van der Waals surface area contributed by atoms with Crippen LogP contribution in [0.25, 0.3) is 0 Å². The molecule has 1 amide bonds. The van der Waals surface area contributed by atoms with Gasteiger partial charge < -0.3 is 5.11 Å². The first-order chi connectivity index (χ1) is 10.2. The highest BCUT2D eigenvalue weighted by Crippen LogP contribution is 2.21. The Morgan fingerprint density at radius 2 is 2.00 bits per heavy atom. The van der Waals surface area contributed by atoms with Gasteiger partial charge in [-0.1, -0.05) is 20.8 Å². The summed E-state index contributed by atoms with van der Waals surface area (Å²) in [6.45, 7) is 5.70. The number of nitrogens with one attached hydrogen (secondary N) is 1. The minimum Gasteiger partial charge on any atom is -0.480 e. The number of carboxylic acids is 1. The number of rotatable bonds is 4. The average Bonchev–Trinajstić information content (AvgIpc) is 2.94. The van der Waals surface area contributed by atoms with Crippen molar-refractivity contribution in [3.05, 3.63) is 23.8 Å². The quantitative estimate of drug-likeness (QED) is 0.857. The van der Waals surface area contributed by atoms with Crippen LogP contribution in [0.4, 0.5) is 5.95 Å². The van der Waals surface area contributed by atoms with E-state index in [0.29, 0.717) is 5.69 Å². The Kier molecular flexibility index (Phi) is 3.98. The summed E-state index contributed by atoms with van der Waals surface area (Å²) in [7, 11) is 1.68. The summed E-state index contributed by atoms with van der Waals surface area (Å²) in [4.78, 5) is 26.7. The summed E-state index contributed by atoms with van der Waals surface area (Å²) < 4.78 is 2.62. The van der Waals surface area contributed by atoms with E-state index in [0.717, 1.165) is 10.4 Å². The lowest BCUT2D eigenvalue weighted by atomic mass is 9.92. The summed E-state index contributed by atoms with van der Waals surface area (Å²) in [6, 6.07) is 1.71. The fourth-order valence-electron chi connectivity index (χ4n) is 1.78. The van der Waals surface area contributed by atoms with E-state index < -0.39 is 11.9 Å². The first-order valence-electron chi connectivity index (χ1n) is 6.64. The van der Waals surface area contributed by atoms with Gasteiger partial charge in [0.15, 0.2) is 0 Å². The summed E-state index contributed by atoms with van der Waals surface area (Å²) in [5, 5.41) is 19.4. The van der Waals surface area contributed by atoms with Crippen molar-refractivity contribution in [2.75, 3.05) is 5.32 Å². The molecule has 2 aromatic heterocycles. The molecule has 2 heterocycles. The van der Waals surface area contributed by atoms with E-state index in [1.54, 1.807) is 13.1 Å². The van der Waals surface area contributed by atoms with Crippen molar-refractivity contribution in [3.63, 3.8) is 0 Å². The summed E-state index contributed by atoms with van der Waals surface area (Å²) >= 11 is 0. The Hall–Kier alpha value is -2.71. The monoisotopic (exact) mass is 306 g/mol. The Morgan fingerprint density at radius 3 is 2.55 bits per heavy atom. The van der Waals surface area contributed by atoms with E-state index in [1.807, 2.05) is 20.8 Å². The van der Waals surface area contributed by atoms with Crippen molar-refractivity contribution in [2.45, 2.75) is 32.7 Å². The van der Waals surface area contributed by atoms with E-state index in [1.165, 1.54) is 11.0 Å². The molecule has 0 saturated carbocycles. The predicted molar refractivity (Wildman–Crippen MR) is 77.5 cm³/mol. The van der Waals surface area contributed by atoms with Crippen LogP contribution >= 0.6 is 0 Å². The number of amides is 1. The Bertz CT molecular complexity index is 710. The maximum atomic E-state index is 12.2. The van der Waals surface area contributed by atoms with Crippen LogP contribution in [0.2, 0.25) is 0 Å². The Labute approximate surface area is 127 Å². The van der Waals surface area contributed by atoms with Crippen LogP contribution in [0.1, 0.15) is 37.0 Å². The molecule has 2 N–H and O–H groups in total. The van der Waals surface area contributed by atoms with E-state index in [9.17, 15) is 9.59 Å². The molecule has 0 aliphatic carbocycles. The fourth-order valence-corrected chi connectivity index (χ4v) is 1.78. The van der Waals surface area contributed by atoms with Crippen LogP contribution in [0.5, 0.6) is 0 Å². The van der Waals surface area contributed by atoms with Crippen LogP contribution in [0.15, 0.2) is 12.4 Å². The zero-order valence-electron chi connectivity index (χ0n) is 12.9. The van der Waals surface area contributed by atoms with E-state index in [2.05, 4.69) is 20.5 Å². The maximum Gasteiger partial charge on any atom is 0.325 e. The highest BCUT2D eigenvalue weighted by molar-refractivity contribution is 6.02. The number of aromatic nitrogens is 5. The van der Waals surface area contributed by atoms with Crippen molar-refractivity contribution in [1.82, 2.24) is 24.5 Å². The molecule has 9 nitrogen and oxygen atoms in total. The normalized spacial score (nSPS) is 11.5. The first-order valence-corrected chi connectivity index (χ1v) is 6.64. The first kappa shape index (κ1) is 15.7. The zero-order chi connectivity index (χ0) is 16.5. The molecule has 0 fully saturated rings. The maximum absolute atomic E-state index is 12.2. The number of nitrogens with zero attached hydrogens (tertiary/aromatic N) is 5. The van der Waals surface area contributed by atoms with Crippen molar-refractivity contribution >= 4 is 17.8 Å². The van der Waals surface area contributed by atoms with Crippen molar-refractivity contribution in [2.24, 2.45) is 7.05 Å².